The summed E-state index contributed by atoms with van der Waals surface area (Å²) in [6.45, 7) is 1.78. The second-order valence-corrected chi connectivity index (χ2v) is 5.96. The van der Waals surface area contributed by atoms with Gasteiger partial charge in [-0.1, -0.05) is 15.9 Å². The fourth-order valence-corrected chi connectivity index (χ4v) is 2.95. The first-order chi connectivity index (χ1) is 9.63. The third kappa shape index (κ3) is 2.71. The molecule has 20 heavy (non-hydrogen) atoms. The molecule has 3 N–H and O–H groups in total. The van der Waals surface area contributed by atoms with Crippen LogP contribution >= 0.6 is 15.9 Å². The van der Waals surface area contributed by atoms with Crippen LogP contribution in [-0.4, -0.2) is 30.0 Å². The number of aromatic amines is 1. The van der Waals surface area contributed by atoms with Gasteiger partial charge in [-0.3, -0.25) is 4.79 Å². The van der Waals surface area contributed by atoms with Crippen LogP contribution < -0.4 is 10.6 Å². The minimum Gasteiger partial charge on any atom is -0.350 e. The van der Waals surface area contributed by atoms with Crippen LogP contribution in [0, 0.1) is 5.82 Å². The van der Waals surface area contributed by atoms with E-state index in [1.165, 1.54) is 6.07 Å². The molecule has 6 heteroatoms. The number of piperidine rings is 1. The lowest BCUT2D eigenvalue weighted by Crippen LogP contribution is -2.45. The summed E-state index contributed by atoms with van der Waals surface area (Å²) >= 11 is 3.24. The van der Waals surface area contributed by atoms with E-state index < -0.39 is 0 Å². The molecule has 1 aliphatic rings. The van der Waals surface area contributed by atoms with Crippen LogP contribution in [0.3, 0.4) is 0 Å². The Kier molecular flexibility index (Phi) is 3.76. The Hall–Kier alpha value is -1.40. The van der Waals surface area contributed by atoms with Crippen molar-refractivity contribution in [2.24, 2.45) is 0 Å². The van der Waals surface area contributed by atoms with E-state index in [0.717, 1.165) is 25.9 Å². The van der Waals surface area contributed by atoms with Crippen LogP contribution in [0.5, 0.6) is 0 Å². The molecule has 1 aromatic carbocycles. The highest BCUT2D eigenvalue weighted by atomic mass is 79.9. The zero-order valence-corrected chi connectivity index (χ0v) is 12.4. The lowest BCUT2D eigenvalue weighted by molar-refractivity contribution is 0.0926. The Labute approximate surface area is 124 Å². The minimum absolute atomic E-state index is 0.138. The summed E-state index contributed by atoms with van der Waals surface area (Å²) in [5, 5.41) is 6.64. The molecule has 0 saturated carbocycles. The first-order valence-corrected chi connectivity index (χ1v) is 7.42. The van der Waals surface area contributed by atoms with E-state index in [-0.39, 0.29) is 17.8 Å². The molecule has 1 aromatic heterocycles. The van der Waals surface area contributed by atoms with E-state index in [1.54, 1.807) is 12.1 Å². The number of hydrogen-bond donors (Lipinski definition) is 3. The summed E-state index contributed by atoms with van der Waals surface area (Å²) in [5.74, 6) is -0.533. The summed E-state index contributed by atoms with van der Waals surface area (Å²) in [6, 6.07) is 4.85. The lowest BCUT2D eigenvalue weighted by atomic mass is 10.1. The Bertz CT molecular complexity index is 649. The van der Waals surface area contributed by atoms with Gasteiger partial charge in [-0.25, -0.2) is 4.39 Å². The molecule has 1 unspecified atom stereocenters. The topological polar surface area (TPSA) is 56.9 Å². The standard InChI is InChI=1S/C14H15BrFN3O/c15-8-4-11(16)10-6-13(19-12(10)5-8)14(20)18-9-2-1-3-17-7-9/h4-6,9,17,19H,1-3,7H2,(H,18,20). The van der Waals surface area contributed by atoms with Gasteiger partial charge in [0.1, 0.15) is 11.5 Å². The Balaban J connectivity index is 1.82. The second-order valence-electron chi connectivity index (χ2n) is 5.05. The van der Waals surface area contributed by atoms with E-state index in [2.05, 4.69) is 31.5 Å². The summed E-state index contributed by atoms with van der Waals surface area (Å²) in [6.07, 6.45) is 2.03. The average Bonchev–Trinajstić information content (AvgIpc) is 2.84. The number of hydrogen-bond acceptors (Lipinski definition) is 2. The SMILES string of the molecule is O=C(NC1CCCNC1)c1cc2c(F)cc(Br)cc2[nH]1. The first kappa shape index (κ1) is 13.6. The normalized spacial score (nSPS) is 19.2. The van der Waals surface area contributed by atoms with Gasteiger partial charge in [-0.05, 0) is 37.6 Å². The quantitative estimate of drug-likeness (QED) is 0.787. The Morgan fingerprint density at radius 3 is 3.00 bits per heavy atom. The number of nitrogens with one attached hydrogen (secondary N) is 3. The summed E-state index contributed by atoms with van der Waals surface area (Å²) < 4.78 is 14.4. The molecule has 0 aliphatic carbocycles. The second kappa shape index (κ2) is 5.54. The fraction of sp³-hybridized carbons (Fsp3) is 0.357. The maximum Gasteiger partial charge on any atom is 0.267 e. The number of carbonyl (C=O) groups is 1. The van der Waals surface area contributed by atoms with Crippen molar-refractivity contribution in [3.8, 4) is 0 Å². The maximum atomic E-state index is 13.8. The molecule has 3 rings (SSSR count). The third-order valence-corrected chi connectivity index (χ3v) is 3.99. The molecular formula is C14H15BrFN3O. The fourth-order valence-electron chi connectivity index (χ4n) is 2.52. The van der Waals surface area contributed by atoms with E-state index in [0.29, 0.717) is 21.1 Å². The van der Waals surface area contributed by atoms with Crippen molar-refractivity contribution < 1.29 is 9.18 Å². The molecule has 0 spiro atoms. The monoisotopic (exact) mass is 339 g/mol. The number of benzene rings is 1. The molecule has 1 amide bonds. The van der Waals surface area contributed by atoms with Gasteiger partial charge in [0, 0.05) is 22.4 Å². The highest BCUT2D eigenvalue weighted by Crippen LogP contribution is 2.24. The number of rotatable bonds is 2. The molecule has 4 nitrogen and oxygen atoms in total. The van der Waals surface area contributed by atoms with Crippen molar-refractivity contribution in [3.63, 3.8) is 0 Å². The van der Waals surface area contributed by atoms with Crippen LogP contribution in [0.2, 0.25) is 0 Å². The molecule has 1 aliphatic heterocycles. The number of fused-ring (bicyclic) bond motifs is 1. The van der Waals surface area contributed by atoms with Gasteiger partial charge in [0.15, 0.2) is 0 Å². The van der Waals surface area contributed by atoms with Crippen molar-refractivity contribution in [1.82, 2.24) is 15.6 Å². The van der Waals surface area contributed by atoms with Crippen LogP contribution in [0.1, 0.15) is 23.3 Å². The van der Waals surface area contributed by atoms with Gasteiger partial charge >= 0.3 is 0 Å². The predicted octanol–water partition coefficient (Wildman–Crippen LogP) is 2.55. The van der Waals surface area contributed by atoms with Crippen molar-refractivity contribution in [2.75, 3.05) is 13.1 Å². The molecule has 106 valence electrons. The largest absolute Gasteiger partial charge is 0.350 e. The number of halogens is 2. The number of amides is 1. The Morgan fingerprint density at radius 2 is 2.25 bits per heavy atom. The number of H-pyrrole nitrogens is 1. The van der Waals surface area contributed by atoms with Gasteiger partial charge in [0.05, 0.1) is 5.52 Å². The van der Waals surface area contributed by atoms with Crippen LogP contribution in [-0.2, 0) is 0 Å². The first-order valence-electron chi connectivity index (χ1n) is 6.63. The zero-order valence-electron chi connectivity index (χ0n) is 10.8. The molecule has 1 atom stereocenters. The van der Waals surface area contributed by atoms with Gasteiger partial charge < -0.3 is 15.6 Å². The predicted molar refractivity (Wildman–Crippen MR) is 79.3 cm³/mol. The van der Waals surface area contributed by atoms with Crippen molar-refractivity contribution >= 4 is 32.7 Å². The highest BCUT2D eigenvalue weighted by molar-refractivity contribution is 9.10. The smallest absolute Gasteiger partial charge is 0.267 e. The van der Waals surface area contributed by atoms with Crippen molar-refractivity contribution in [2.45, 2.75) is 18.9 Å². The molecule has 0 radical (unpaired) electrons. The van der Waals surface area contributed by atoms with E-state index in [4.69, 9.17) is 0 Å². The van der Waals surface area contributed by atoms with Crippen molar-refractivity contribution in [3.05, 3.63) is 34.2 Å². The average molecular weight is 340 g/mol. The van der Waals surface area contributed by atoms with Gasteiger partial charge in [-0.2, -0.15) is 0 Å². The molecular weight excluding hydrogens is 325 g/mol. The van der Waals surface area contributed by atoms with Crippen molar-refractivity contribution in [1.29, 1.82) is 0 Å². The molecule has 1 fully saturated rings. The molecule has 2 heterocycles. The summed E-state index contributed by atoms with van der Waals surface area (Å²) in [5.41, 5.74) is 1.01. The van der Waals surface area contributed by atoms with Crippen LogP contribution in [0.4, 0.5) is 4.39 Å². The van der Waals surface area contributed by atoms with E-state index in [1.807, 2.05) is 0 Å². The molecule has 0 bridgehead atoms. The van der Waals surface area contributed by atoms with E-state index in [9.17, 15) is 9.18 Å². The van der Waals surface area contributed by atoms with Crippen LogP contribution in [0.15, 0.2) is 22.7 Å². The maximum absolute atomic E-state index is 13.8. The molecule has 1 saturated heterocycles. The highest BCUT2D eigenvalue weighted by Gasteiger charge is 2.18. The zero-order chi connectivity index (χ0) is 14.1. The lowest BCUT2D eigenvalue weighted by Gasteiger charge is -2.23. The molecule has 2 aromatic rings. The Morgan fingerprint density at radius 1 is 1.40 bits per heavy atom. The van der Waals surface area contributed by atoms with Gasteiger partial charge in [-0.15, -0.1) is 0 Å². The minimum atomic E-state index is -0.344. The number of aromatic nitrogens is 1. The third-order valence-electron chi connectivity index (χ3n) is 3.53. The summed E-state index contributed by atoms with van der Waals surface area (Å²) in [4.78, 5) is 15.1. The van der Waals surface area contributed by atoms with E-state index >= 15 is 0 Å². The number of carbonyl (C=O) groups excluding carboxylic acids is 1. The summed E-state index contributed by atoms with van der Waals surface area (Å²) in [7, 11) is 0. The van der Waals surface area contributed by atoms with Crippen LogP contribution in [0.25, 0.3) is 10.9 Å². The van der Waals surface area contributed by atoms with Gasteiger partial charge in [0.2, 0.25) is 0 Å². The van der Waals surface area contributed by atoms with Gasteiger partial charge in [0.25, 0.3) is 5.91 Å².